The lowest BCUT2D eigenvalue weighted by atomic mass is 9.66. The van der Waals surface area contributed by atoms with Gasteiger partial charge in [0.1, 0.15) is 50.3 Å². The zero-order valence-corrected chi connectivity index (χ0v) is 39.5. The number of amidine groups is 2. The van der Waals surface area contributed by atoms with Crippen molar-refractivity contribution in [1.82, 2.24) is 10.0 Å². The Kier molecular flexibility index (Phi) is 13.0. The minimum absolute atomic E-state index is 0.0299. The lowest BCUT2D eigenvalue weighted by Gasteiger charge is -2.42. The van der Waals surface area contributed by atoms with E-state index in [2.05, 4.69) is 96.3 Å². The molecule has 4 heterocycles. The van der Waals surface area contributed by atoms with Gasteiger partial charge in [-0.15, -0.1) is 0 Å². The number of hydrogen-bond acceptors (Lipinski definition) is 10. The molecule has 2 aromatic carbocycles. The molecule has 1 fully saturated rings. The maximum absolute atomic E-state index is 13.1. The van der Waals surface area contributed by atoms with Crippen LogP contribution in [0.2, 0.25) is 51.4 Å². The van der Waals surface area contributed by atoms with E-state index in [0.717, 1.165) is 63.1 Å². The standard InChI is InChI=1S/C24H37N3O3Si.C18H26BrN3O3Si/c1-17-12-21-20(13-19(17)14-24(3)8-7-9-24)27-18(2)23(28)26(25-22(27)15-30-21)16-29-10-11-31(4,5)6;1-12-8-16-15(9-14(12)19)22-13(2)18(23)21(20-17(22)10-25-16)11-24-6-7-26(3,4)5/h12-13,18H,7-11,14-16H2,1-6H3;8-9,13H,6-7,10-11H2,1-5H3. The van der Waals surface area contributed by atoms with Gasteiger partial charge in [0, 0.05) is 33.8 Å². The molecule has 0 bridgehead atoms. The molecular formula is C42H63BrN6O6Si2. The Labute approximate surface area is 350 Å². The molecule has 15 heteroatoms. The second kappa shape index (κ2) is 17.2. The van der Waals surface area contributed by atoms with Gasteiger partial charge in [-0.25, -0.2) is 10.0 Å². The molecule has 2 aromatic rings. The van der Waals surface area contributed by atoms with Gasteiger partial charge in [-0.2, -0.15) is 10.2 Å². The van der Waals surface area contributed by atoms with Crippen LogP contribution in [-0.4, -0.2) is 102 Å². The quantitative estimate of drug-likeness (QED) is 0.154. The largest absolute Gasteiger partial charge is 0.483 e. The van der Waals surface area contributed by atoms with Crippen LogP contribution < -0.4 is 19.3 Å². The average Bonchev–Trinajstić information content (AvgIpc) is 3.11. The van der Waals surface area contributed by atoms with E-state index in [1.54, 1.807) is 0 Å². The second-order valence-corrected chi connectivity index (χ2v) is 31.1. The summed E-state index contributed by atoms with van der Waals surface area (Å²) in [5.74, 6) is 3.04. The molecule has 0 spiro atoms. The molecule has 57 heavy (non-hydrogen) atoms. The molecule has 4 aliphatic heterocycles. The van der Waals surface area contributed by atoms with Crippen LogP contribution in [-0.2, 0) is 25.5 Å². The number of rotatable bonds is 12. The number of carbonyl (C=O) groups is 2. The van der Waals surface area contributed by atoms with Crippen LogP contribution in [0.4, 0.5) is 11.4 Å². The molecule has 1 saturated carbocycles. The number of hydrazone groups is 2. The molecular weight excluding hydrogens is 821 g/mol. The van der Waals surface area contributed by atoms with Crippen molar-refractivity contribution < 1.29 is 28.5 Å². The molecule has 2 atom stereocenters. The van der Waals surface area contributed by atoms with Crippen molar-refractivity contribution in [3.05, 3.63) is 45.4 Å². The van der Waals surface area contributed by atoms with Crippen molar-refractivity contribution in [2.45, 2.75) is 124 Å². The minimum atomic E-state index is -1.16. The summed E-state index contributed by atoms with van der Waals surface area (Å²) in [5.41, 5.74) is 5.95. The monoisotopic (exact) mass is 882 g/mol. The number of amides is 2. The molecule has 312 valence electrons. The van der Waals surface area contributed by atoms with Crippen LogP contribution in [0, 0.1) is 19.3 Å². The molecule has 0 aromatic heterocycles. The van der Waals surface area contributed by atoms with Gasteiger partial charge in [-0.3, -0.25) is 9.59 Å². The zero-order chi connectivity index (χ0) is 41.4. The highest BCUT2D eigenvalue weighted by Crippen LogP contribution is 2.46. The number of halogens is 1. The Hall–Kier alpha value is -3.25. The van der Waals surface area contributed by atoms with Crippen molar-refractivity contribution >= 4 is 66.9 Å². The second-order valence-electron chi connectivity index (χ2n) is 19.0. The average molecular weight is 884 g/mol. The first-order valence-corrected chi connectivity index (χ1v) is 28.7. The summed E-state index contributed by atoms with van der Waals surface area (Å²) >= 11 is 3.56. The highest BCUT2D eigenvalue weighted by Gasteiger charge is 2.41. The maximum Gasteiger partial charge on any atom is 0.267 e. The molecule has 0 N–H and O–H groups in total. The predicted molar refractivity (Wildman–Crippen MR) is 237 cm³/mol. The number of anilines is 2. The van der Waals surface area contributed by atoms with Crippen molar-refractivity contribution in [3.8, 4) is 11.5 Å². The van der Waals surface area contributed by atoms with Gasteiger partial charge in [0.05, 0.1) is 11.4 Å². The maximum atomic E-state index is 13.1. The van der Waals surface area contributed by atoms with Crippen molar-refractivity contribution in [1.29, 1.82) is 0 Å². The first-order valence-electron chi connectivity index (χ1n) is 20.4. The van der Waals surface area contributed by atoms with Crippen LogP contribution in [0.1, 0.15) is 56.7 Å². The van der Waals surface area contributed by atoms with E-state index in [9.17, 15) is 9.59 Å². The van der Waals surface area contributed by atoms with Crippen LogP contribution in [0.5, 0.6) is 11.5 Å². The molecule has 0 saturated heterocycles. The highest BCUT2D eigenvalue weighted by molar-refractivity contribution is 9.10. The Morgan fingerprint density at radius 2 is 1.21 bits per heavy atom. The van der Waals surface area contributed by atoms with Gasteiger partial charge in [0.2, 0.25) is 0 Å². The van der Waals surface area contributed by atoms with E-state index in [1.165, 1.54) is 40.4 Å². The summed E-state index contributed by atoms with van der Waals surface area (Å²) in [7, 11) is -2.31. The van der Waals surface area contributed by atoms with Crippen LogP contribution >= 0.6 is 15.9 Å². The Bertz CT molecular complexity index is 1910. The summed E-state index contributed by atoms with van der Waals surface area (Å²) < 4.78 is 24.4. The van der Waals surface area contributed by atoms with Gasteiger partial charge in [-0.05, 0) is 105 Å². The molecule has 5 aliphatic rings. The molecule has 2 amide bonds. The highest BCUT2D eigenvalue weighted by atomic mass is 79.9. The third-order valence-electron chi connectivity index (χ3n) is 11.5. The Morgan fingerprint density at radius 1 is 0.754 bits per heavy atom. The number of ether oxygens (including phenoxy) is 4. The van der Waals surface area contributed by atoms with Crippen molar-refractivity contribution in [3.63, 3.8) is 0 Å². The third kappa shape index (κ3) is 10.1. The lowest BCUT2D eigenvalue weighted by Crippen LogP contribution is -2.57. The summed E-state index contributed by atoms with van der Waals surface area (Å²) in [6, 6.07) is 9.80. The predicted octanol–water partition coefficient (Wildman–Crippen LogP) is 8.60. The van der Waals surface area contributed by atoms with Gasteiger partial charge >= 0.3 is 0 Å². The fraction of sp³-hybridized carbons (Fsp3) is 0.619. The molecule has 0 radical (unpaired) electrons. The summed E-state index contributed by atoms with van der Waals surface area (Å²) in [4.78, 5) is 29.9. The topological polar surface area (TPSA) is 109 Å². The number of carbonyl (C=O) groups excluding carboxylic acids is 2. The van der Waals surface area contributed by atoms with Crippen molar-refractivity contribution in [2.75, 3.05) is 49.7 Å². The van der Waals surface area contributed by atoms with Gasteiger partial charge < -0.3 is 28.7 Å². The summed E-state index contributed by atoms with van der Waals surface area (Å²) in [6.45, 7) is 26.7. The number of fused-ring (bicyclic) bond motifs is 6. The van der Waals surface area contributed by atoms with Crippen molar-refractivity contribution in [2.24, 2.45) is 15.6 Å². The Balaban J connectivity index is 0.000000196. The van der Waals surface area contributed by atoms with Gasteiger partial charge in [0.25, 0.3) is 11.8 Å². The SMILES string of the molecule is Cc1cc2c(cc1Br)N1C(=NN(COCC[Si](C)(C)C)C(=O)C1C)CO2.Cc1cc2c(cc1CC1(C)CCC1)N1C(=NN(COCC[Si](C)(C)C)C(=O)C1C)CO2. The summed E-state index contributed by atoms with van der Waals surface area (Å²) in [5, 5.41) is 12.0. The first-order chi connectivity index (χ1) is 26.7. The first kappa shape index (κ1) is 43.3. The fourth-order valence-corrected chi connectivity index (χ4v) is 9.41. The van der Waals surface area contributed by atoms with E-state index in [4.69, 9.17) is 18.9 Å². The molecule has 1 aliphatic carbocycles. The van der Waals surface area contributed by atoms with Gasteiger partial charge in [-0.1, -0.05) is 68.6 Å². The minimum Gasteiger partial charge on any atom is -0.483 e. The number of benzene rings is 2. The molecule has 7 rings (SSSR count). The van der Waals surface area contributed by atoms with E-state index in [0.29, 0.717) is 31.8 Å². The van der Waals surface area contributed by atoms with E-state index >= 15 is 0 Å². The van der Waals surface area contributed by atoms with E-state index < -0.39 is 16.1 Å². The fourth-order valence-electron chi connectivity index (χ4n) is 7.57. The van der Waals surface area contributed by atoms with E-state index in [1.807, 2.05) is 37.8 Å². The van der Waals surface area contributed by atoms with Crippen LogP contribution in [0.15, 0.2) is 38.9 Å². The molecule has 12 nitrogen and oxygen atoms in total. The summed E-state index contributed by atoms with van der Waals surface area (Å²) in [6.07, 6.45) is 4.98. The van der Waals surface area contributed by atoms with Gasteiger partial charge in [0.15, 0.2) is 11.7 Å². The van der Waals surface area contributed by atoms with Crippen LogP contribution in [0.25, 0.3) is 0 Å². The number of aryl methyl sites for hydroxylation is 2. The third-order valence-corrected chi connectivity index (χ3v) is 15.8. The zero-order valence-electron chi connectivity index (χ0n) is 36.0. The number of hydrogen-bond donors (Lipinski definition) is 0. The smallest absolute Gasteiger partial charge is 0.267 e. The van der Waals surface area contributed by atoms with Crippen LogP contribution in [0.3, 0.4) is 0 Å². The lowest BCUT2D eigenvalue weighted by molar-refractivity contribution is -0.139. The number of nitrogens with zero attached hydrogens (tertiary/aromatic N) is 6. The normalized spacial score (nSPS) is 21.1. The van der Waals surface area contributed by atoms with E-state index in [-0.39, 0.29) is 37.4 Å². The molecule has 2 unspecified atom stereocenters. The Morgan fingerprint density at radius 3 is 1.65 bits per heavy atom.